The van der Waals surface area contributed by atoms with Gasteiger partial charge in [0.1, 0.15) is 11.1 Å². The van der Waals surface area contributed by atoms with Crippen molar-refractivity contribution in [3.8, 4) is 0 Å². The Labute approximate surface area is 135 Å². The first-order valence-electron chi connectivity index (χ1n) is 6.06. The summed E-state index contributed by atoms with van der Waals surface area (Å²) in [5.41, 5.74) is -0.461. The maximum Gasteiger partial charge on any atom is 0.251 e. The highest BCUT2D eigenvalue weighted by molar-refractivity contribution is 7.11. The van der Waals surface area contributed by atoms with Gasteiger partial charge in [-0.05, 0) is 20.8 Å². The molecule has 1 atom stereocenters. The van der Waals surface area contributed by atoms with E-state index in [2.05, 4.69) is 15.6 Å². The van der Waals surface area contributed by atoms with Crippen LogP contribution in [-0.2, 0) is 15.1 Å². The van der Waals surface area contributed by atoms with Crippen LogP contribution in [0.5, 0.6) is 0 Å². The van der Waals surface area contributed by atoms with Gasteiger partial charge in [0, 0.05) is 24.2 Å². The molecule has 2 N–H and O–H groups in total. The second kappa shape index (κ2) is 8.14. The first-order valence-corrected chi connectivity index (χ1v) is 6.88. The van der Waals surface area contributed by atoms with Crippen molar-refractivity contribution in [2.75, 3.05) is 19.7 Å². The third kappa shape index (κ3) is 4.86. The molecule has 20 heavy (non-hydrogen) atoms. The zero-order chi connectivity index (χ0) is 13.2. The van der Waals surface area contributed by atoms with Crippen LogP contribution in [0.2, 0.25) is 0 Å². The number of ether oxygens (including phenoxy) is 1. The van der Waals surface area contributed by atoms with E-state index >= 15 is 0 Å². The molecule has 5 nitrogen and oxygen atoms in total. The van der Waals surface area contributed by atoms with Crippen LogP contribution in [0, 0.1) is 6.92 Å². The Kier molecular flexibility index (Phi) is 7.98. The van der Waals surface area contributed by atoms with E-state index in [0.717, 1.165) is 16.4 Å². The number of carbonyl (C=O) groups is 1. The van der Waals surface area contributed by atoms with Crippen LogP contribution in [0.4, 0.5) is 0 Å². The number of morpholine rings is 1. The minimum atomic E-state index is -0.461. The number of hydrogen-bond acceptors (Lipinski definition) is 5. The first-order chi connectivity index (χ1) is 8.49. The number of halogens is 2. The number of amides is 1. The summed E-state index contributed by atoms with van der Waals surface area (Å²) in [5.74, 6) is -0.0833. The van der Waals surface area contributed by atoms with E-state index < -0.39 is 11.6 Å². The molecule has 8 heteroatoms. The van der Waals surface area contributed by atoms with Crippen molar-refractivity contribution in [2.45, 2.75) is 32.4 Å². The summed E-state index contributed by atoms with van der Waals surface area (Å²) in [4.78, 5) is 17.6. The van der Waals surface area contributed by atoms with Gasteiger partial charge in [-0.25, -0.2) is 4.98 Å². The lowest BCUT2D eigenvalue weighted by atomic mass is 10.1. The fourth-order valence-corrected chi connectivity index (χ4v) is 2.64. The van der Waals surface area contributed by atoms with Gasteiger partial charge < -0.3 is 15.4 Å². The average Bonchev–Trinajstić information content (AvgIpc) is 2.77. The van der Waals surface area contributed by atoms with E-state index in [1.807, 2.05) is 27.0 Å². The van der Waals surface area contributed by atoms with Crippen LogP contribution in [0.1, 0.15) is 23.7 Å². The van der Waals surface area contributed by atoms with Crippen LogP contribution in [0.15, 0.2) is 6.20 Å². The molecule has 116 valence electrons. The normalized spacial score (nSPS) is 18.6. The molecule has 1 aromatic rings. The predicted octanol–water partition coefficient (Wildman–Crippen LogP) is 1.63. The molecule has 2 rings (SSSR count). The quantitative estimate of drug-likeness (QED) is 0.877. The molecule has 1 aromatic heterocycles. The Balaban J connectivity index is 0.00000180. The first kappa shape index (κ1) is 19.6. The van der Waals surface area contributed by atoms with Crippen LogP contribution in [0.3, 0.4) is 0 Å². The molecule has 0 aliphatic carbocycles. The van der Waals surface area contributed by atoms with Gasteiger partial charge in [0.25, 0.3) is 5.91 Å². The molecule has 1 fully saturated rings. The summed E-state index contributed by atoms with van der Waals surface area (Å²) >= 11 is 1.60. The maximum atomic E-state index is 12.1. The summed E-state index contributed by atoms with van der Waals surface area (Å²) in [6.07, 6.45) is 1.42. The Morgan fingerprint density at radius 1 is 1.55 bits per heavy atom. The number of nitrogens with one attached hydrogen (secondary N) is 2. The van der Waals surface area contributed by atoms with Crippen molar-refractivity contribution in [2.24, 2.45) is 0 Å². The minimum Gasteiger partial charge on any atom is -0.366 e. The van der Waals surface area contributed by atoms with E-state index in [4.69, 9.17) is 4.74 Å². The fraction of sp³-hybridized carbons (Fsp3) is 0.667. The second-order valence-corrected chi connectivity index (χ2v) is 6.19. The lowest BCUT2D eigenvalue weighted by Gasteiger charge is -2.29. The number of thiazole rings is 1. The van der Waals surface area contributed by atoms with E-state index in [-0.39, 0.29) is 30.7 Å². The molecule has 0 spiro atoms. The lowest BCUT2D eigenvalue weighted by molar-refractivity contribution is -0.136. The largest absolute Gasteiger partial charge is 0.366 e. The van der Waals surface area contributed by atoms with Gasteiger partial charge in [0.05, 0.1) is 12.1 Å². The predicted molar refractivity (Wildman–Crippen MR) is 85.1 cm³/mol. The molecule has 0 radical (unpaired) electrons. The molecule has 0 bridgehead atoms. The smallest absolute Gasteiger partial charge is 0.251 e. The zero-order valence-electron chi connectivity index (χ0n) is 11.8. The maximum absolute atomic E-state index is 12.1. The molecular weight excluding hydrogens is 321 g/mol. The van der Waals surface area contributed by atoms with Crippen LogP contribution < -0.4 is 10.6 Å². The van der Waals surface area contributed by atoms with E-state index in [9.17, 15) is 4.79 Å². The number of nitrogens with zero attached hydrogens (tertiary/aromatic N) is 1. The van der Waals surface area contributed by atoms with Crippen LogP contribution >= 0.6 is 36.2 Å². The number of carbonyl (C=O) groups excluding carboxylic acids is 1. The SMILES string of the molecule is Cc1cnc(C(C)(C)NC(=O)C2CNCCO2)s1.Cl.Cl. The fourth-order valence-electron chi connectivity index (χ4n) is 1.82. The van der Waals surface area contributed by atoms with Crippen molar-refractivity contribution in [3.63, 3.8) is 0 Å². The second-order valence-electron chi connectivity index (χ2n) is 4.95. The van der Waals surface area contributed by atoms with Gasteiger partial charge >= 0.3 is 0 Å². The number of aryl methyl sites for hydroxylation is 1. The van der Waals surface area contributed by atoms with E-state index in [1.54, 1.807) is 11.3 Å². The summed E-state index contributed by atoms with van der Waals surface area (Å²) in [7, 11) is 0. The van der Waals surface area contributed by atoms with Gasteiger partial charge in [-0.15, -0.1) is 36.2 Å². The summed E-state index contributed by atoms with van der Waals surface area (Å²) in [5, 5.41) is 7.06. The van der Waals surface area contributed by atoms with Crippen LogP contribution in [0.25, 0.3) is 0 Å². The Morgan fingerprint density at radius 2 is 2.25 bits per heavy atom. The molecule has 1 amide bonds. The average molecular weight is 342 g/mol. The summed E-state index contributed by atoms with van der Waals surface area (Å²) in [6, 6.07) is 0. The number of aromatic nitrogens is 1. The standard InChI is InChI=1S/C12H19N3O2S.2ClH/c1-8-6-14-11(18-8)12(2,3)15-10(16)9-7-13-4-5-17-9;;/h6,9,13H,4-5,7H2,1-3H3,(H,15,16);2*1H. The van der Waals surface area contributed by atoms with Crippen molar-refractivity contribution < 1.29 is 9.53 Å². The highest BCUT2D eigenvalue weighted by atomic mass is 35.5. The van der Waals surface area contributed by atoms with Crippen molar-refractivity contribution in [1.82, 2.24) is 15.6 Å². The van der Waals surface area contributed by atoms with Gasteiger partial charge in [0.2, 0.25) is 0 Å². The van der Waals surface area contributed by atoms with Gasteiger partial charge in [-0.1, -0.05) is 0 Å². The van der Waals surface area contributed by atoms with Crippen molar-refractivity contribution >= 4 is 42.1 Å². The van der Waals surface area contributed by atoms with Gasteiger partial charge in [0.15, 0.2) is 0 Å². The minimum absolute atomic E-state index is 0. The topological polar surface area (TPSA) is 63.2 Å². The summed E-state index contributed by atoms with van der Waals surface area (Å²) in [6.45, 7) is 7.87. The molecule has 0 aromatic carbocycles. The molecule has 1 unspecified atom stereocenters. The Morgan fingerprint density at radius 3 is 2.75 bits per heavy atom. The molecule has 1 aliphatic heterocycles. The monoisotopic (exact) mass is 341 g/mol. The van der Waals surface area contributed by atoms with Crippen molar-refractivity contribution in [3.05, 3.63) is 16.1 Å². The number of hydrogen-bond donors (Lipinski definition) is 2. The number of rotatable bonds is 3. The lowest BCUT2D eigenvalue weighted by Crippen LogP contribution is -2.52. The summed E-state index contributed by atoms with van der Waals surface area (Å²) < 4.78 is 5.44. The molecule has 1 saturated heterocycles. The van der Waals surface area contributed by atoms with E-state index in [1.165, 1.54) is 0 Å². The molecule has 2 heterocycles. The zero-order valence-corrected chi connectivity index (χ0v) is 14.2. The van der Waals surface area contributed by atoms with Gasteiger partial charge in [-0.3, -0.25) is 4.79 Å². The molecule has 1 aliphatic rings. The third-order valence-electron chi connectivity index (χ3n) is 2.81. The van der Waals surface area contributed by atoms with Crippen molar-refractivity contribution in [1.29, 1.82) is 0 Å². The third-order valence-corrected chi connectivity index (χ3v) is 4.05. The van der Waals surface area contributed by atoms with E-state index in [0.29, 0.717) is 13.2 Å². The van der Waals surface area contributed by atoms with Gasteiger partial charge in [-0.2, -0.15) is 0 Å². The highest BCUT2D eigenvalue weighted by Crippen LogP contribution is 2.24. The Bertz CT molecular complexity index is 434. The molecule has 0 saturated carbocycles. The Hall–Kier alpha value is -0.400. The van der Waals surface area contributed by atoms with Crippen LogP contribution in [-0.4, -0.2) is 36.7 Å². The molecular formula is C12H21Cl2N3O2S. The highest BCUT2D eigenvalue weighted by Gasteiger charge is 2.30.